The van der Waals surface area contributed by atoms with Gasteiger partial charge in [0, 0.05) is 7.05 Å². The molecule has 6 nitrogen and oxygen atoms in total. The molecule has 0 bridgehead atoms. The van der Waals surface area contributed by atoms with E-state index in [9.17, 15) is 9.59 Å². The fourth-order valence-electron chi connectivity index (χ4n) is 1.67. The highest BCUT2D eigenvalue weighted by Crippen LogP contribution is 2.10. The Labute approximate surface area is 94.6 Å². The molecule has 0 saturated carbocycles. The zero-order valence-corrected chi connectivity index (χ0v) is 8.97. The molecule has 1 aromatic carbocycles. The van der Waals surface area contributed by atoms with Gasteiger partial charge in [-0.2, -0.15) is 0 Å². The third-order valence-corrected chi connectivity index (χ3v) is 2.61. The lowest BCUT2D eigenvalue weighted by Crippen LogP contribution is -2.33. The largest absolute Gasteiger partial charge is 0.329 e. The van der Waals surface area contributed by atoms with Crippen molar-refractivity contribution in [1.29, 1.82) is 0 Å². The van der Waals surface area contributed by atoms with Gasteiger partial charge in [0.05, 0.1) is 11.0 Å². The lowest BCUT2D eigenvalue weighted by atomic mass is 10.3. The van der Waals surface area contributed by atoms with Crippen molar-refractivity contribution in [2.24, 2.45) is 7.05 Å². The summed E-state index contributed by atoms with van der Waals surface area (Å²) in [7, 11) is 1.40. The molecule has 3 aromatic rings. The van der Waals surface area contributed by atoms with Crippen molar-refractivity contribution in [3.05, 3.63) is 45.1 Å². The summed E-state index contributed by atoms with van der Waals surface area (Å²) in [6.07, 6.45) is 0. The molecule has 0 fully saturated rings. The molecule has 0 radical (unpaired) electrons. The number of rotatable bonds is 0. The summed E-state index contributed by atoms with van der Waals surface area (Å²) in [6, 6.07) is 7.19. The minimum Gasteiger partial charge on any atom is -0.290 e. The van der Waals surface area contributed by atoms with Crippen LogP contribution in [-0.2, 0) is 7.05 Å². The first-order chi connectivity index (χ1) is 8.16. The Kier molecular flexibility index (Phi) is 1.85. The highest BCUT2D eigenvalue weighted by Gasteiger charge is 2.08. The molecule has 0 atom stereocenters. The van der Waals surface area contributed by atoms with E-state index in [2.05, 4.69) is 15.0 Å². The maximum atomic E-state index is 11.8. The number of aromatic amines is 1. The topological polar surface area (TPSA) is 80.6 Å². The Balaban J connectivity index is 2.62. The lowest BCUT2D eigenvalue weighted by molar-refractivity contribution is 0.788. The normalized spacial score (nSPS) is 11.1. The summed E-state index contributed by atoms with van der Waals surface area (Å²) in [4.78, 5) is 34.2. The minimum absolute atomic E-state index is 0.172. The number of fused-ring (bicyclic) bond motifs is 2. The molecular formula is C11H8N4O2. The van der Waals surface area contributed by atoms with Crippen molar-refractivity contribution in [3.63, 3.8) is 0 Å². The molecule has 3 rings (SSSR count). The first kappa shape index (κ1) is 9.71. The van der Waals surface area contributed by atoms with Crippen molar-refractivity contribution < 1.29 is 0 Å². The SMILES string of the molecule is Cn1c(=O)[nH]c2nc3ccccc3nc2c1=O. The summed E-state index contributed by atoms with van der Waals surface area (Å²) in [6.45, 7) is 0. The molecular weight excluding hydrogens is 220 g/mol. The fourth-order valence-corrected chi connectivity index (χ4v) is 1.67. The number of nitrogens with zero attached hydrogens (tertiary/aromatic N) is 3. The molecule has 2 heterocycles. The molecule has 0 amide bonds. The molecule has 0 aliphatic heterocycles. The second kappa shape index (κ2) is 3.24. The molecule has 0 saturated heterocycles. The van der Waals surface area contributed by atoms with Crippen molar-refractivity contribution in [3.8, 4) is 0 Å². The zero-order chi connectivity index (χ0) is 12.0. The van der Waals surface area contributed by atoms with Crippen LogP contribution in [0.5, 0.6) is 0 Å². The molecule has 0 spiro atoms. The summed E-state index contributed by atoms with van der Waals surface area (Å²) in [5.41, 5.74) is 0.727. The van der Waals surface area contributed by atoms with Gasteiger partial charge >= 0.3 is 5.69 Å². The second-order valence-electron chi connectivity index (χ2n) is 3.70. The van der Waals surface area contributed by atoms with E-state index in [1.807, 2.05) is 12.1 Å². The van der Waals surface area contributed by atoms with Crippen LogP contribution in [0, 0.1) is 0 Å². The number of aromatic nitrogens is 4. The van der Waals surface area contributed by atoms with E-state index in [4.69, 9.17) is 0 Å². The van der Waals surface area contributed by atoms with Crippen LogP contribution in [0.4, 0.5) is 0 Å². The standard InChI is InChI=1S/C11H8N4O2/c1-15-10(16)8-9(14-11(15)17)13-7-5-3-2-4-6(7)12-8/h2-5H,1H3,(H,13,14,17). The van der Waals surface area contributed by atoms with Gasteiger partial charge in [0.1, 0.15) is 0 Å². The van der Waals surface area contributed by atoms with Crippen LogP contribution in [0.3, 0.4) is 0 Å². The summed E-state index contributed by atoms with van der Waals surface area (Å²) in [5.74, 6) is 0. The van der Waals surface area contributed by atoms with Gasteiger partial charge in [-0.1, -0.05) is 12.1 Å². The monoisotopic (exact) mass is 228 g/mol. The Bertz CT molecular complexity index is 847. The van der Waals surface area contributed by atoms with Crippen molar-refractivity contribution >= 4 is 22.2 Å². The third kappa shape index (κ3) is 1.34. The summed E-state index contributed by atoms with van der Waals surface area (Å²) < 4.78 is 0.978. The van der Waals surface area contributed by atoms with E-state index in [1.165, 1.54) is 7.05 Å². The first-order valence-electron chi connectivity index (χ1n) is 5.02. The second-order valence-corrected chi connectivity index (χ2v) is 3.70. The van der Waals surface area contributed by atoms with Crippen LogP contribution in [0.2, 0.25) is 0 Å². The molecule has 1 N–H and O–H groups in total. The van der Waals surface area contributed by atoms with Crippen molar-refractivity contribution in [1.82, 2.24) is 19.5 Å². The number of para-hydroxylation sites is 2. The maximum Gasteiger partial charge on any atom is 0.329 e. The van der Waals surface area contributed by atoms with Crippen molar-refractivity contribution in [2.45, 2.75) is 0 Å². The van der Waals surface area contributed by atoms with E-state index in [0.717, 1.165) is 4.57 Å². The van der Waals surface area contributed by atoms with E-state index in [-0.39, 0.29) is 11.2 Å². The van der Waals surface area contributed by atoms with Crippen LogP contribution < -0.4 is 11.2 Å². The van der Waals surface area contributed by atoms with Gasteiger partial charge in [-0.05, 0) is 12.1 Å². The number of benzene rings is 1. The fraction of sp³-hybridized carbons (Fsp3) is 0.0909. The smallest absolute Gasteiger partial charge is 0.290 e. The number of nitrogens with one attached hydrogen (secondary N) is 1. The quantitative estimate of drug-likeness (QED) is 0.556. The molecule has 17 heavy (non-hydrogen) atoms. The molecule has 0 aliphatic carbocycles. The van der Waals surface area contributed by atoms with Gasteiger partial charge in [0.2, 0.25) is 0 Å². The lowest BCUT2D eigenvalue weighted by Gasteiger charge is -2.01. The minimum atomic E-state index is -0.493. The number of hydrogen-bond donors (Lipinski definition) is 1. The van der Waals surface area contributed by atoms with Crippen LogP contribution in [0.1, 0.15) is 0 Å². The van der Waals surface area contributed by atoms with Crippen LogP contribution in [0.15, 0.2) is 33.9 Å². The van der Waals surface area contributed by atoms with Gasteiger partial charge in [-0.15, -0.1) is 0 Å². The summed E-state index contributed by atoms with van der Waals surface area (Å²) >= 11 is 0. The Morgan fingerprint density at radius 2 is 1.76 bits per heavy atom. The molecule has 2 aromatic heterocycles. The van der Waals surface area contributed by atoms with Gasteiger partial charge in [-0.25, -0.2) is 14.8 Å². The van der Waals surface area contributed by atoms with E-state index >= 15 is 0 Å². The predicted octanol–water partition coefficient (Wildman–Crippen LogP) is 0.170. The Morgan fingerprint density at radius 3 is 2.47 bits per heavy atom. The van der Waals surface area contributed by atoms with E-state index < -0.39 is 11.2 Å². The van der Waals surface area contributed by atoms with Gasteiger partial charge < -0.3 is 0 Å². The molecule has 0 aliphatic rings. The van der Waals surface area contributed by atoms with E-state index in [1.54, 1.807) is 12.1 Å². The number of H-pyrrole nitrogens is 1. The average Bonchev–Trinajstić information content (AvgIpc) is 2.34. The maximum absolute atomic E-state index is 11.8. The average molecular weight is 228 g/mol. The highest BCUT2D eigenvalue weighted by molar-refractivity contribution is 5.83. The van der Waals surface area contributed by atoms with Crippen molar-refractivity contribution in [2.75, 3.05) is 0 Å². The molecule has 84 valence electrons. The van der Waals surface area contributed by atoms with Crippen LogP contribution in [0.25, 0.3) is 22.2 Å². The Hall–Kier alpha value is -2.50. The van der Waals surface area contributed by atoms with Crippen LogP contribution in [-0.4, -0.2) is 19.5 Å². The first-order valence-corrected chi connectivity index (χ1v) is 5.02. The zero-order valence-electron chi connectivity index (χ0n) is 8.97. The van der Waals surface area contributed by atoms with E-state index in [0.29, 0.717) is 11.0 Å². The predicted molar refractivity (Wildman–Crippen MR) is 62.9 cm³/mol. The highest BCUT2D eigenvalue weighted by atomic mass is 16.2. The van der Waals surface area contributed by atoms with Gasteiger partial charge in [0.15, 0.2) is 11.2 Å². The molecule has 0 unspecified atom stereocenters. The third-order valence-electron chi connectivity index (χ3n) is 2.61. The van der Waals surface area contributed by atoms with Gasteiger partial charge in [-0.3, -0.25) is 14.3 Å². The Morgan fingerprint density at radius 1 is 1.12 bits per heavy atom. The number of hydrogen-bond acceptors (Lipinski definition) is 4. The van der Waals surface area contributed by atoms with Gasteiger partial charge in [0.25, 0.3) is 5.56 Å². The van der Waals surface area contributed by atoms with Crippen LogP contribution >= 0.6 is 0 Å². The molecule has 6 heteroatoms. The summed E-state index contributed by atoms with van der Waals surface area (Å²) in [5, 5.41) is 0.